The average molecular weight is 363 g/mol. The standard InChI is InChI=1S/C17H25N5O4/c1-2-26-17(25)21-8-6-20(7-9-21)16(24)13-4-3-5-22(12-13)14-10-15(23)19-18-11-14/h10-11,13H,2-9,12H2,1H3,(H,19,23)/t13-/m0/s1. The molecule has 0 bridgehead atoms. The summed E-state index contributed by atoms with van der Waals surface area (Å²) in [5, 5.41) is 6.20. The molecule has 2 aliphatic rings. The number of piperazine rings is 1. The second kappa shape index (κ2) is 8.20. The SMILES string of the molecule is CCOC(=O)N1CCN(C(=O)[C@H]2CCCN(c3cn[nH]c(=O)c3)C2)CC1. The Morgan fingerprint density at radius 1 is 1.23 bits per heavy atom. The Morgan fingerprint density at radius 2 is 1.96 bits per heavy atom. The number of nitrogens with zero attached hydrogens (tertiary/aromatic N) is 4. The van der Waals surface area contributed by atoms with Crippen LogP contribution >= 0.6 is 0 Å². The molecule has 0 aliphatic carbocycles. The van der Waals surface area contributed by atoms with E-state index in [4.69, 9.17) is 4.74 Å². The summed E-state index contributed by atoms with van der Waals surface area (Å²) in [7, 11) is 0. The predicted molar refractivity (Wildman–Crippen MR) is 95.0 cm³/mol. The fourth-order valence-electron chi connectivity index (χ4n) is 3.53. The summed E-state index contributed by atoms with van der Waals surface area (Å²) < 4.78 is 5.01. The van der Waals surface area contributed by atoms with Gasteiger partial charge in [-0.3, -0.25) is 9.59 Å². The van der Waals surface area contributed by atoms with Gasteiger partial charge in [-0.1, -0.05) is 0 Å². The Balaban J connectivity index is 1.56. The maximum Gasteiger partial charge on any atom is 0.409 e. The van der Waals surface area contributed by atoms with Crippen molar-refractivity contribution in [2.45, 2.75) is 19.8 Å². The number of aromatic amines is 1. The number of H-pyrrole nitrogens is 1. The maximum absolute atomic E-state index is 12.9. The molecular weight excluding hydrogens is 338 g/mol. The number of nitrogens with one attached hydrogen (secondary N) is 1. The lowest BCUT2D eigenvalue weighted by Crippen LogP contribution is -2.53. The fraction of sp³-hybridized carbons (Fsp3) is 0.647. The summed E-state index contributed by atoms with van der Waals surface area (Å²) in [5.41, 5.74) is 0.504. The monoisotopic (exact) mass is 363 g/mol. The highest BCUT2D eigenvalue weighted by molar-refractivity contribution is 5.80. The van der Waals surface area contributed by atoms with E-state index in [1.54, 1.807) is 18.0 Å². The number of carbonyl (C=O) groups excluding carboxylic acids is 2. The highest BCUT2D eigenvalue weighted by Gasteiger charge is 2.32. The van der Waals surface area contributed by atoms with Gasteiger partial charge in [0.05, 0.1) is 24.4 Å². The van der Waals surface area contributed by atoms with Crippen molar-refractivity contribution in [1.82, 2.24) is 20.0 Å². The maximum atomic E-state index is 12.9. The molecule has 3 heterocycles. The van der Waals surface area contributed by atoms with Gasteiger partial charge in [0.1, 0.15) is 0 Å². The lowest BCUT2D eigenvalue weighted by Gasteiger charge is -2.39. The van der Waals surface area contributed by atoms with Crippen molar-refractivity contribution in [3.63, 3.8) is 0 Å². The van der Waals surface area contributed by atoms with Crippen LogP contribution in [0.2, 0.25) is 0 Å². The third-order valence-corrected chi connectivity index (χ3v) is 4.90. The Kier molecular flexibility index (Phi) is 5.75. The second-order valence-electron chi connectivity index (χ2n) is 6.60. The molecule has 0 saturated carbocycles. The van der Waals surface area contributed by atoms with Crippen molar-refractivity contribution in [1.29, 1.82) is 0 Å². The van der Waals surface area contributed by atoms with E-state index in [-0.39, 0.29) is 23.5 Å². The minimum Gasteiger partial charge on any atom is -0.450 e. The summed E-state index contributed by atoms with van der Waals surface area (Å²) in [6.07, 6.45) is 3.04. The molecule has 0 radical (unpaired) electrons. The first-order chi connectivity index (χ1) is 12.6. The van der Waals surface area contributed by atoms with Crippen LogP contribution in [0.1, 0.15) is 19.8 Å². The van der Waals surface area contributed by atoms with Gasteiger partial charge in [-0.15, -0.1) is 0 Å². The first-order valence-corrected chi connectivity index (χ1v) is 9.08. The minimum absolute atomic E-state index is 0.0998. The van der Waals surface area contributed by atoms with Crippen LogP contribution in [0, 0.1) is 5.92 Å². The fourth-order valence-corrected chi connectivity index (χ4v) is 3.53. The lowest BCUT2D eigenvalue weighted by molar-refractivity contribution is -0.137. The summed E-state index contributed by atoms with van der Waals surface area (Å²) >= 11 is 0. The number of piperidine rings is 1. The summed E-state index contributed by atoms with van der Waals surface area (Å²) in [6.45, 7) is 5.59. The van der Waals surface area contributed by atoms with Gasteiger partial charge >= 0.3 is 6.09 Å². The zero-order chi connectivity index (χ0) is 18.5. The van der Waals surface area contributed by atoms with E-state index in [1.807, 2.05) is 9.80 Å². The predicted octanol–water partition coefficient (Wildman–Crippen LogP) is 0.287. The van der Waals surface area contributed by atoms with Crippen molar-refractivity contribution in [3.8, 4) is 0 Å². The molecule has 2 fully saturated rings. The minimum atomic E-state index is -0.315. The molecule has 0 aromatic carbocycles. The largest absolute Gasteiger partial charge is 0.450 e. The van der Waals surface area contributed by atoms with Crippen LogP contribution in [0.25, 0.3) is 0 Å². The van der Waals surface area contributed by atoms with Crippen LogP contribution in [0.4, 0.5) is 10.5 Å². The highest BCUT2D eigenvalue weighted by Crippen LogP contribution is 2.23. The Hall–Kier alpha value is -2.58. The molecule has 3 rings (SSSR count). The quantitative estimate of drug-likeness (QED) is 0.829. The van der Waals surface area contributed by atoms with Crippen LogP contribution in [0.15, 0.2) is 17.1 Å². The van der Waals surface area contributed by atoms with Crippen molar-refractivity contribution in [2.75, 3.05) is 50.8 Å². The Bertz CT molecular complexity index is 698. The van der Waals surface area contributed by atoms with Gasteiger partial charge in [0.25, 0.3) is 5.56 Å². The zero-order valence-electron chi connectivity index (χ0n) is 15.0. The van der Waals surface area contributed by atoms with Crippen molar-refractivity contribution < 1.29 is 14.3 Å². The third-order valence-electron chi connectivity index (χ3n) is 4.90. The van der Waals surface area contributed by atoms with Gasteiger partial charge in [-0.2, -0.15) is 5.10 Å². The number of amides is 2. The molecular formula is C17H25N5O4. The van der Waals surface area contributed by atoms with E-state index in [2.05, 4.69) is 10.2 Å². The van der Waals surface area contributed by atoms with Crippen LogP contribution < -0.4 is 10.5 Å². The molecule has 0 unspecified atom stereocenters. The van der Waals surface area contributed by atoms with E-state index in [1.165, 1.54) is 6.07 Å². The van der Waals surface area contributed by atoms with Gasteiger partial charge in [0.15, 0.2) is 0 Å². The van der Waals surface area contributed by atoms with Gasteiger partial charge < -0.3 is 19.4 Å². The molecule has 2 aliphatic heterocycles. The van der Waals surface area contributed by atoms with Crippen molar-refractivity contribution >= 4 is 17.7 Å². The first kappa shape index (κ1) is 18.2. The normalized spacial score (nSPS) is 20.8. The molecule has 2 amide bonds. The number of anilines is 1. The molecule has 1 N–H and O–H groups in total. The smallest absolute Gasteiger partial charge is 0.409 e. The van der Waals surface area contributed by atoms with Crippen molar-refractivity contribution in [2.24, 2.45) is 5.92 Å². The topological polar surface area (TPSA) is 98.8 Å². The molecule has 142 valence electrons. The molecule has 9 nitrogen and oxygen atoms in total. The van der Waals surface area contributed by atoms with E-state index in [9.17, 15) is 14.4 Å². The van der Waals surface area contributed by atoms with Crippen LogP contribution in [0.3, 0.4) is 0 Å². The first-order valence-electron chi connectivity index (χ1n) is 9.08. The molecule has 1 aromatic rings. The number of aromatic nitrogens is 2. The van der Waals surface area contributed by atoms with Gasteiger partial charge in [-0.05, 0) is 19.8 Å². The lowest BCUT2D eigenvalue weighted by atomic mass is 9.96. The Morgan fingerprint density at radius 3 is 2.65 bits per heavy atom. The highest BCUT2D eigenvalue weighted by atomic mass is 16.6. The van der Waals surface area contributed by atoms with Crippen molar-refractivity contribution in [3.05, 3.63) is 22.6 Å². The second-order valence-corrected chi connectivity index (χ2v) is 6.60. The van der Waals surface area contributed by atoms with Gasteiger partial charge in [0.2, 0.25) is 5.91 Å². The number of rotatable bonds is 3. The van der Waals surface area contributed by atoms with E-state index in [0.29, 0.717) is 39.3 Å². The van der Waals surface area contributed by atoms with Gasteiger partial charge in [-0.25, -0.2) is 9.89 Å². The van der Waals surface area contributed by atoms with Crippen LogP contribution in [0.5, 0.6) is 0 Å². The summed E-state index contributed by atoms with van der Waals surface area (Å²) in [6, 6.07) is 1.51. The van der Waals surface area contributed by atoms with E-state index >= 15 is 0 Å². The molecule has 26 heavy (non-hydrogen) atoms. The van der Waals surface area contributed by atoms with Gasteiger partial charge in [0, 0.05) is 45.3 Å². The van der Waals surface area contributed by atoms with E-state index in [0.717, 1.165) is 25.1 Å². The van der Waals surface area contributed by atoms with Crippen LogP contribution in [-0.2, 0) is 9.53 Å². The number of hydrogen-bond acceptors (Lipinski definition) is 6. The molecule has 1 atom stereocenters. The summed E-state index contributed by atoms with van der Waals surface area (Å²) in [4.78, 5) is 41.6. The molecule has 0 spiro atoms. The molecule has 9 heteroatoms. The summed E-state index contributed by atoms with van der Waals surface area (Å²) in [5.74, 6) is 0.0215. The third kappa shape index (κ3) is 4.14. The number of hydrogen-bond donors (Lipinski definition) is 1. The average Bonchev–Trinajstić information content (AvgIpc) is 2.68. The molecule has 2 saturated heterocycles. The van der Waals surface area contributed by atoms with Crippen LogP contribution in [-0.4, -0.2) is 77.9 Å². The molecule has 1 aromatic heterocycles. The Labute approximate surface area is 151 Å². The van der Waals surface area contributed by atoms with E-state index < -0.39 is 0 Å². The number of carbonyl (C=O) groups is 2. The zero-order valence-corrected chi connectivity index (χ0v) is 15.0. The number of ether oxygens (including phenoxy) is 1.